The lowest BCUT2D eigenvalue weighted by Crippen LogP contribution is -2.37. The highest BCUT2D eigenvalue weighted by Crippen LogP contribution is 2.31. The third kappa shape index (κ3) is 4.41. The Bertz CT molecular complexity index is 930. The van der Waals surface area contributed by atoms with Gasteiger partial charge in [-0.05, 0) is 36.1 Å². The number of likely N-dealkylation sites (N-methyl/N-ethyl adjacent to an activating group) is 1. The van der Waals surface area contributed by atoms with Crippen molar-refractivity contribution in [2.24, 2.45) is 0 Å². The van der Waals surface area contributed by atoms with Gasteiger partial charge in [-0.1, -0.05) is 38.5 Å². The summed E-state index contributed by atoms with van der Waals surface area (Å²) in [5.41, 5.74) is 10.9. The van der Waals surface area contributed by atoms with Gasteiger partial charge in [-0.25, -0.2) is 0 Å². The number of nitrogens with zero attached hydrogens (tertiary/aromatic N) is 4. The molecule has 0 spiro atoms. The molecule has 1 aromatic heterocycles. The zero-order valence-electron chi connectivity index (χ0n) is 18.0. The number of carbonyl (C=O) groups is 1. The standard InChI is InChI=1S/C23H31N5O2/c1-3-5-10-30-23-25-21(24)20-12-19(29)15-28(22(20)26-23)13-16-6-7-17-8-9-27(4-2)14-18(17)11-16/h6-7,11H,3-5,8-10,12-15H2,1-2H3,(H2,24,25,26). The number of unbranched alkanes of at least 4 members (excludes halogenated alkanes) is 1. The summed E-state index contributed by atoms with van der Waals surface area (Å²) in [5.74, 6) is 1.20. The van der Waals surface area contributed by atoms with Gasteiger partial charge in [-0.15, -0.1) is 0 Å². The molecular weight excluding hydrogens is 378 g/mol. The molecule has 4 rings (SSSR count). The minimum absolute atomic E-state index is 0.132. The summed E-state index contributed by atoms with van der Waals surface area (Å²) in [6, 6.07) is 6.97. The molecule has 0 bridgehead atoms. The van der Waals surface area contributed by atoms with E-state index >= 15 is 0 Å². The van der Waals surface area contributed by atoms with Gasteiger partial charge in [-0.3, -0.25) is 9.69 Å². The summed E-state index contributed by atoms with van der Waals surface area (Å²) in [4.78, 5) is 25.8. The molecular formula is C23H31N5O2. The number of carbonyl (C=O) groups excluding carboxylic acids is 1. The van der Waals surface area contributed by atoms with Crippen molar-refractivity contribution in [3.8, 4) is 6.01 Å². The summed E-state index contributed by atoms with van der Waals surface area (Å²) in [6.07, 6.45) is 3.35. The minimum atomic E-state index is 0.132. The van der Waals surface area contributed by atoms with Gasteiger partial charge in [0.2, 0.25) is 0 Å². The monoisotopic (exact) mass is 409 g/mol. The van der Waals surface area contributed by atoms with Crippen molar-refractivity contribution in [1.82, 2.24) is 14.9 Å². The minimum Gasteiger partial charge on any atom is -0.463 e. The number of rotatable bonds is 7. The van der Waals surface area contributed by atoms with E-state index in [1.165, 1.54) is 16.7 Å². The molecule has 0 fully saturated rings. The number of nitrogen functional groups attached to an aromatic ring is 1. The number of hydrogen-bond acceptors (Lipinski definition) is 7. The molecule has 2 N–H and O–H groups in total. The molecule has 7 nitrogen and oxygen atoms in total. The Morgan fingerprint density at radius 2 is 2.03 bits per heavy atom. The Balaban J connectivity index is 1.59. The first-order chi connectivity index (χ1) is 14.6. The van der Waals surface area contributed by atoms with E-state index in [-0.39, 0.29) is 12.2 Å². The average Bonchev–Trinajstić information content (AvgIpc) is 2.74. The van der Waals surface area contributed by atoms with Crippen LogP contribution < -0.4 is 15.4 Å². The Kier molecular flexibility index (Phi) is 6.18. The number of fused-ring (bicyclic) bond motifs is 2. The van der Waals surface area contributed by atoms with E-state index in [1.54, 1.807) is 0 Å². The average molecular weight is 410 g/mol. The molecule has 3 heterocycles. The maximum Gasteiger partial charge on any atom is 0.320 e. The van der Waals surface area contributed by atoms with Crippen LogP contribution in [0.2, 0.25) is 0 Å². The number of ether oxygens (including phenoxy) is 1. The van der Waals surface area contributed by atoms with Crippen LogP contribution in [0, 0.1) is 0 Å². The van der Waals surface area contributed by atoms with Crippen LogP contribution >= 0.6 is 0 Å². The van der Waals surface area contributed by atoms with E-state index in [4.69, 9.17) is 10.5 Å². The fraction of sp³-hybridized carbons (Fsp3) is 0.522. The van der Waals surface area contributed by atoms with Crippen LogP contribution in [0.3, 0.4) is 0 Å². The van der Waals surface area contributed by atoms with Gasteiger partial charge in [0, 0.05) is 31.6 Å². The number of hydrogen-bond donors (Lipinski definition) is 1. The number of benzene rings is 1. The Labute approximate surface area is 178 Å². The first-order valence-corrected chi connectivity index (χ1v) is 11.0. The summed E-state index contributed by atoms with van der Waals surface area (Å²) >= 11 is 0. The Morgan fingerprint density at radius 1 is 1.17 bits per heavy atom. The maximum absolute atomic E-state index is 12.4. The quantitative estimate of drug-likeness (QED) is 0.704. The van der Waals surface area contributed by atoms with E-state index in [1.807, 2.05) is 4.90 Å². The Hall–Kier alpha value is -2.67. The smallest absolute Gasteiger partial charge is 0.320 e. The highest BCUT2D eigenvalue weighted by Gasteiger charge is 2.28. The first kappa shape index (κ1) is 20.6. The highest BCUT2D eigenvalue weighted by molar-refractivity contribution is 5.91. The molecule has 2 aliphatic rings. The van der Waals surface area contributed by atoms with Gasteiger partial charge in [-0.2, -0.15) is 9.97 Å². The molecule has 0 saturated heterocycles. The molecule has 2 aromatic rings. The van der Waals surface area contributed by atoms with E-state index in [9.17, 15) is 4.79 Å². The van der Waals surface area contributed by atoms with E-state index < -0.39 is 0 Å². The Morgan fingerprint density at radius 3 is 2.83 bits per heavy atom. The normalized spacial score (nSPS) is 16.3. The van der Waals surface area contributed by atoms with Crippen molar-refractivity contribution in [1.29, 1.82) is 0 Å². The van der Waals surface area contributed by atoms with Crippen LogP contribution in [0.15, 0.2) is 18.2 Å². The number of aromatic nitrogens is 2. The van der Waals surface area contributed by atoms with Crippen molar-refractivity contribution >= 4 is 17.4 Å². The molecule has 7 heteroatoms. The van der Waals surface area contributed by atoms with Crippen molar-refractivity contribution in [3.05, 3.63) is 40.5 Å². The van der Waals surface area contributed by atoms with E-state index in [2.05, 4.69) is 46.9 Å². The number of ketones is 1. The van der Waals surface area contributed by atoms with Crippen molar-refractivity contribution < 1.29 is 9.53 Å². The lowest BCUT2D eigenvalue weighted by molar-refractivity contribution is -0.117. The zero-order chi connectivity index (χ0) is 21.1. The van der Waals surface area contributed by atoms with Gasteiger partial charge >= 0.3 is 6.01 Å². The second-order valence-corrected chi connectivity index (χ2v) is 8.19. The van der Waals surface area contributed by atoms with Crippen LogP contribution in [0.5, 0.6) is 6.01 Å². The fourth-order valence-electron chi connectivity index (χ4n) is 4.20. The lowest BCUT2D eigenvalue weighted by Gasteiger charge is -2.31. The first-order valence-electron chi connectivity index (χ1n) is 11.0. The molecule has 0 atom stereocenters. The second kappa shape index (κ2) is 9.00. The largest absolute Gasteiger partial charge is 0.463 e. The molecule has 30 heavy (non-hydrogen) atoms. The van der Waals surface area contributed by atoms with Gasteiger partial charge in [0.05, 0.1) is 13.2 Å². The maximum atomic E-state index is 12.4. The molecule has 160 valence electrons. The third-order valence-corrected chi connectivity index (χ3v) is 5.95. The second-order valence-electron chi connectivity index (χ2n) is 8.19. The molecule has 0 saturated carbocycles. The zero-order valence-corrected chi connectivity index (χ0v) is 18.0. The van der Waals surface area contributed by atoms with Crippen molar-refractivity contribution in [2.45, 2.75) is 52.6 Å². The van der Waals surface area contributed by atoms with Crippen LogP contribution in [-0.4, -0.2) is 46.9 Å². The third-order valence-electron chi connectivity index (χ3n) is 5.95. The molecule has 0 amide bonds. The number of nitrogens with two attached hydrogens (primary N) is 1. The lowest BCUT2D eigenvalue weighted by atomic mass is 9.96. The summed E-state index contributed by atoms with van der Waals surface area (Å²) < 4.78 is 5.70. The fourth-order valence-corrected chi connectivity index (χ4v) is 4.20. The molecule has 0 aliphatic carbocycles. The van der Waals surface area contributed by atoms with Gasteiger partial charge < -0.3 is 15.4 Å². The molecule has 0 unspecified atom stereocenters. The summed E-state index contributed by atoms with van der Waals surface area (Å²) in [6.45, 7) is 8.99. The molecule has 2 aliphatic heterocycles. The van der Waals surface area contributed by atoms with E-state index in [0.29, 0.717) is 37.1 Å². The number of Topliss-reactive ketones (excluding diaryl/α,β-unsaturated/α-hetero) is 1. The number of anilines is 2. The van der Waals surface area contributed by atoms with Crippen LogP contribution in [0.4, 0.5) is 11.6 Å². The van der Waals surface area contributed by atoms with Crippen LogP contribution in [0.1, 0.15) is 48.9 Å². The SMILES string of the molecule is CCCCOc1nc(N)c2c(n1)N(Cc1ccc3c(c1)CN(CC)CC3)CC(=O)C2. The van der Waals surface area contributed by atoms with Gasteiger partial charge in [0.1, 0.15) is 11.6 Å². The summed E-state index contributed by atoms with van der Waals surface area (Å²) in [5, 5.41) is 0. The van der Waals surface area contributed by atoms with Gasteiger partial charge in [0.25, 0.3) is 0 Å². The van der Waals surface area contributed by atoms with Crippen LogP contribution in [-0.2, 0) is 30.7 Å². The van der Waals surface area contributed by atoms with Crippen LogP contribution in [0.25, 0.3) is 0 Å². The predicted octanol–water partition coefficient (Wildman–Crippen LogP) is 2.75. The van der Waals surface area contributed by atoms with E-state index in [0.717, 1.165) is 44.7 Å². The highest BCUT2D eigenvalue weighted by atomic mass is 16.5. The van der Waals surface area contributed by atoms with Gasteiger partial charge in [0.15, 0.2) is 5.78 Å². The van der Waals surface area contributed by atoms with Crippen molar-refractivity contribution in [2.75, 3.05) is 36.9 Å². The summed E-state index contributed by atoms with van der Waals surface area (Å²) in [7, 11) is 0. The molecule has 1 aromatic carbocycles. The van der Waals surface area contributed by atoms with Crippen molar-refractivity contribution in [3.63, 3.8) is 0 Å². The molecule has 0 radical (unpaired) electrons. The topological polar surface area (TPSA) is 84.6 Å². The predicted molar refractivity (Wildman–Crippen MR) is 118 cm³/mol.